The van der Waals surface area contributed by atoms with E-state index in [9.17, 15) is 9.59 Å². The Balaban J connectivity index is 1.62. The summed E-state index contributed by atoms with van der Waals surface area (Å²) in [5, 5.41) is 9.09. The average molecular weight is 371 g/mol. The molecule has 0 aliphatic carbocycles. The highest BCUT2D eigenvalue weighted by Gasteiger charge is 2.32. The Labute approximate surface area is 158 Å². The Kier molecular flexibility index (Phi) is 6.26. The number of benzene rings is 1. The van der Waals surface area contributed by atoms with Crippen LogP contribution in [-0.2, 0) is 4.74 Å². The Morgan fingerprint density at radius 2 is 2.00 bits per heavy atom. The number of hydrogen-bond donors (Lipinski definition) is 3. The zero-order chi connectivity index (χ0) is 19.1. The Morgan fingerprint density at radius 1 is 1.19 bits per heavy atom. The minimum atomic E-state index is -0.355. The van der Waals surface area contributed by atoms with Crippen molar-refractivity contribution < 1.29 is 18.7 Å². The smallest absolute Gasteiger partial charge is 0.291 e. The fraction of sp³-hybridized carbons (Fsp3) is 0.400. The molecule has 1 saturated heterocycles. The summed E-state index contributed by atoms with van der Waals surface area (Å²) in [6.45, 7) is 3.03. The van der Waals surface area contributed by atoms with E-state index in [2.05, 4.69) is 16.0 Å². The summed E-state index contributed by atoms with van der Waals surface area (Å²) in [5.41, 5.74) is 0.993. The maximum Gasteiger partial charge on any atom is 0.291 e. The molecule has 0 unspecified atom stereocenters. The summed E-state index contributed by atoms with van der Waals surface area (Å²) >= 11 is 0. The van der Waals surface area contributed by atoms with Gasteiger partial charge >= 0.3 is 0 Å². The van der Waals surface area contributed by atoms with Gasteiger partial charge in [-0.05, 0) is 56.3 Å². The molecule has 27 heavy (non-hydrogen) atoms. The van der Waals surface area contributed by atoms with E-state index in [-0.39, 0.29) is 23.0 Å². The van der Waals surface area contributed by atoms with Crippen molar-refractivity contribution in [2.45, 2.75) is 12.8 Å². The van der Waals surface area contributed by atoms with E-state index in [0.29, 0.717) is 24.4 Å². The third-order valence-corrected chi connectivity index (χ3v) is 4.87. The van der Waals surface area contributed by atoms with Crippen LogP contribution in [-0.4, -0.2) is 45.2 Å². The summed E-state index contributed by atoms with van der Waals surface area (Å²) in [6.07, 6.45) is 3.36. The summed E-state index contributed by atoms with van der Waals surface area (Å²) in [5.74, 6) is -0.304. The van der Waals surface area contributed by atoms with Crippen LogP contribution in [0.15, 0.2) is 47.1 Å². The molecule has 1 aliphatic heterocycles. The molecule has 0 bridgehead atoms. The molecule has 0 radical (unpaired) electrons. The number of carbonyl (C=O) groups excluding carboxylic acids is 2. The van der Waals surface area contributed by atoms with E-state index < -0.39 is 0 Å². The molecule has 7 heteroatoms. The number of rotatable bonds is 7. The van der Waals surface area contributed by atoms with Crippen LogP contribution < -0.4 is 16.0 Å². The van der Waals surface area contributed by atoms with Gasteiger partial charge in [-0.25, -0.2) is 0 Å². The lowest BCUT2D eigenvalue weighted by molar-refractivity contribution is 0.0511. The lowest BCUT2D eigenvalue weighted by Gasteiger charge is -2.37. The zero-order valence-corrected chi connectivity index (χ0v) is 15.4. The van der Waals surface area contributed by atoms with Crippen LogP contribution in [0.25, 0.3) is 0 Å². The van der Waals surface area contributed by atoms with E-state index in [0.717, 1.165) is 25.9 Å². The van der Waals surface area contributed by atoms with Gasteiger partial charge in [0.25, 0.3) is 11.8 Å². The van der Waals surface area contributed by atoms with E-state index >= 15 is 0 Å². The van der Waals surface area contributed by atoms with Crippen LogP contribution in [0, 0.1) is 5.41 Å². The molecular weight excluding hydrogens is 346 g/mol. The lowest BCUT2D eigenvalue weighted by Crippen LogP contribution is -2.47. The zero-order valence-electron chi connectivity index (χ0n) is 15.4. The molecule has 7 nitrogen and oxygen atoms in total. The summed E-state index contributed by atoms with van der Waals surface area (Å²) < 4.78 is 10.5. The average Bonchev–Trinajstić information content (AvgIpc) is 3.22. The van der Waals surface area contributed by atoms with Gasteiger partial charge in [-0.1, -0.05) is 6.07 Å². The topological polar surface area (TPSA) is 92.6 Å². The summed E-state index contributed by atoms with van der Waals surface area (Å²) in [6, 6.07) is 10.1. The number of hydrogen-bond acceptors (Lipinski definition) is 5. The Hall–Kier alpha value is -2.64. The summed E-state index contributed by atoms with van der Waals surface area (Å²) in [4.78, 5) is 24.7. The van der Waals surface area contributed by atoms with Gasteiger partial charge in [0.05, 0.1) is 12.9 Å². The van der Waals surface area contributed by atoms with Crippen molar-refractivity contribution in [1.29, 1.82) is 0 Å². The van der Waals surface area contributed by atoms with Gasteiger partial charge < -0.3 is 25.1 Å². The molecule has 0 spiro atoms. The molecule has 2 heterocycles. The molecule has 2 aromatic rings. The molecule has 0 atom stereocenters. The lowest BCUT2D eigenvalue weighted by atomic mass is 9.79. The summed E-state index contributed by atoms with van der Waals surface area (Å²) in [7, 11) is 1.69. The van der Waals surface area contributed by atoms with Crippen molar-refractivity contribution in [2.75, 3.05) is 38.7 Å². The highest BCUT2D eigenvalue weighted by atomic mass is 16.5. The number of carbonyl (C=O) groups is 2. The van der Waals surface area contributed by atoms with Crippen LogP contribution in [0.5, 0.6) is 0 Å². The maximum absolute atomic E-state index is 12.6. The molecule has 1 aromatic heterocycles. The first kappa shape index (κ1) is 19.1. The first-order chi connectivity index (χ1) is 13.1. The van der Waals surface area contributed by atoms with Crippen molar-refractivity contribution >= 4 is 17.5 Å². The van der Waals surface area contributed by atoms with Crippen LogP contribution in [0.3, 0.4) is 0 Å². The van der Waals surface area contributed by atoms with Crippen molar-refractivity contribution in [2.24, 2.45) is 5.41 Å². The fourth-order valence-corrected chi connectivity index (χ4v) is 3.34. The van der Waals surface area contributed by atoms with Crippen LogP contribution in [0.2, 0.25) is 0 Å². The van der Waals surface area contributed by atoms with Crippen LogP contribution >= 0.6 is 0 Å². The number of amides is 2. The highest BCUT2D eigenvalue weighted by Crippen LogP contribution is 2.28. The molecule has 1 aromatic carbocycles. The first-order valence-corrected chi connectivity index (χ1v) is 9.05. The normalized spacial score (nSPS) is 15.9. The standard InChI is InChI=1S/C20H25N3O4/c1-26-14-20(7-9-21-10-8-20)13-22-18(24)15-4-2-5-16(12-15)23-19(25)17-6-3-11-27-17/h2-6,11-12,21H,7-10,13-14H2,1H3,(H,22,24)(H,23,25). The SMILES string of the molecule is COCC1(CNC(=O)c2cccc(NC(=O)c3ccco3)c2)CCNCC1. The second-order valence-corrected chi connectivity index (χ2v) is 6.88. The molecule has 3 N–H and O–H groups in total. The predicted molar refractivity (Wildman–Crippen MR) is 102 cm³/mol. The first-order valence-electron chi connectivity index (χ1n) is 9.05. The van der Waals surface area contributed by atoms with Crippen LogP contribution in [0.4, 0.5) is 5.69 Å². The monoisotopic (exact) mass is 371 g/mol. The van der Waals surface area contributed by atoms with Crippen molar-refractivity contribution in [3.8, 4) is 0 Å². The number of piperidine rings is 1. The largest absolute Gasteiger partial charge is 0.459 e. The number of furan rings is 1. The van der Waals surface area contributed by atoms with Gasteiger partial charge in [0.15, 0.2) is 5.76 Å². The Morgan fingerprint density at radius 3 is 2.70 bits per heavy atom. The van der Waals surface area contributed by atoms with Crippen molar-refractivity contribution in [3.05, 3.63) is 54.0 Å². The molecular formula is C20H25N3O4. The minimum absolute atomic E-state index is 0.0409. The predicted octanol–water partition coefficient (Wildman–Crippen LogP) is 2.28. The Bertz CT molecular complexity index is 762. The third-order valence-electron chi connectivity index (χ3n) is 4.87. The number of ether oxygens (including phenoxy) is 1. The fourth-order valence-electron chi connectivity index (χ4n) is 3.34. The second-order valence-electron chi connectivity index (χ2n) is 6.88. The number of nitrogens with one attached hydrogen (secondary N) is 3. The molecule has 0 saturated carbocycles. The van der Waals surface area contributed by atoms with Gasteiger partial charge in [0.1, 0.15) is 0 Å². The van der Waals surface area contributed by atoms with Gasteiger partial charge in [0, 0.05) is 30.3 Å². The minimum Gasteiger partial charge on any atom is -0.459 e. The molecule has 1 fully saturated rings. The number of methoxy groups -OCH3 is 1. The number of anilines is 1. The molecule has 2 amide bonds. The van der Waals surface area contributed by atoms with Crippen LogP contribution in [0.1, 0.15) is 33.8 Å². The van der Waals surface area contributed by atoms with Gasteiger partial charge in [0.2, 0.25) is 0 Å². The third kappa shape index (κ3) is 4.96. The van der Waals surface area contributed by atoms with Crippen molar-refractivity contribution in [1.82, 2.24) is 10.6 Å². The van der Waals surface area contributed by atoms with Crippen molar-refractivity contribution in [3.63, 3.8) is 0 Å². The van der Waals surface area contributed by atoms with E-state index in [1.807, 2.05) is 0 Å². The highest BCUT2D eigenvalue weighted by molar-refractivity contribution is 6.03. The molecule has 1 aliphatic rings. The van der Waals surface area contributed by atoms with Gasteiger partial charge in [-0.15, -0.1) is 0 Å². The van der Waals surface area contributed by atoms with E-state index in [4.69, 9.17) is 9.15 Å². The molecule has 144 valence electrons. The molecule has 3 rings (SSSR count). The second kappa shape index (κ2) is 8.83. The van der Waals surface area contributed by atoms with Gasteiger partial charge in [-0.3, -0.25) is 9.59 Å². The van der Waals surface area contributed by atoms with E-state index in [1.165, 1.54) is 6.26 Å². The van der Waals surface area contributed by atoms with E-state index in [1.54, 1.807) is 43.5 Å². The quantitative estimate of drug-likeness (QED) is 0.694. The van der Waals surface area contributed by atoms with Gasteiger partial charge in [-0.2, -0.15) is 0 Å². The maximum atomic E-state index is 12.6.